The van der Waals surface area contributed by atoms with Crippen LogP contribution in [0.25, 0.3) is 0 Å². The van der Waals surface area contributed by atoms with Gasteiger partial charge in [0, 0.05) is 11.6 Å². The Hall–Kier alpha value is -2.40. The summed E-state index contributed by atoms with van der Waals surface area (Å²) < 4.78 is 21.2. The molecular formula is C18H22O5. The van der Waals surface area contributed by atoms with Crippen molar-refractivity contribution in [2.45, 2.75) is 12.5 Å². The molecule has 1 unspecified atom stereocenters. The molecule has 5 heteroatoms. The number of hydrogen-bond acceptors (Lipinski definition) is 5. The molecule has 0 fully saturated rings. The average Bonchev–Trinajstić information content (AvgIpc) is 2.60. The van der Waals surface area contributed by atoms with E-state index in [1.165, 1.54) is 0 Å². The summed E-state index contributed by atoms with van der Waals surface area (Å²) in [6.45, 7) is 1.71. The average molecular weight is 318 g/mol. The number of rotatable bonds is 6. The fourth-order valence-electron chi connectivity index (χ4n) is 2.50. The number of ether oxygens (including phenoxy) is 4. The molecule has 0 saturated carbocycles. The maximum absolute atomic E-state index is 11.1. The molecule has 0 aliphatic heterocycles. The zero-order chi connectivity index (χ0) is 17.0. The highest BCUT2D eigenvalue weighted by Gasteiger charge is 2.30. The highest BCUT2D eigenvalue weighted by atomic mass is 16.5. The summed E-state index contributed by atoms with van der Waals surface area (Å²) in [4.78, 5) is 0. The van der Waals surface area contributed by atoms with Crippen LogP contribution in [0.15, 0.2) is 36.4 Å². The van der Waals surface area contributed by atoms with Crippen LogP contribution in [0.5, 0.6) is 23.0 Å². The van der Waals surface area contributed by atoms with E-state index in [4.69, 9.17) is 18.9 Å². The third kappa shape index (κ3) is 3.19. The number of hydrogen-bond donors (Lipinski definition) is 1. The van der Waals surface area contributed by atoms with Crippen molar-refractivity contribution in [3.05, 3.63) is 47.5 Å². The summed E-state index contributed by atoms with van der Waals surface area (Å²) in [6.07, 6.45) is 0. The van der Waals surface area contributed by atoms with Gasteiger partial charge in [0.05, 0.1) is 28.4 Å². The second-order valence-electron chi connectivity index (χ2n) is 5.21. The van der Waals surface area contributed by atoms with Crippen LogP contribution in [-0.2, 0) is 5.60 Å². The Balaban J connectivity index is 2.53. The van der Waals surface area contributed by atoms with Crippen LogP contribution in [0.1, 0.15) is 18.1 Å². The Morgan fingerprint density at radius 3 is 1.96 bits per heavy atom. The first-order valence-electron chi connectivity index (χ1n) is 7.15. The predicted octanol–water partition coefficient (Wildman–Crippen LogP) is 2.98. The van der Waals surface area contributed by atoms with Gasteiger partial charge in [0.25, 0.3) is 0 Å². The monoisotopic (exact) mass is 318 g/mol. The van der Waals surface area contributed by atoms with E-state index in [9.17, 15) is 5.11 Å². The molecule has 0 bridgehead atoms. The fourth-order valence-corrected chi connectivity index (χ4v) is 2.50. The Kier molecular flexibility index (Phi) is 5.01. The van der Waals surface area contributed by atoms with E-state index < -0.39 is 5.60 Å². The quantitative estimate of drug-likeness (QED) is 0.887. The number of benzene rings is 2. The van der Waals surface area contributed by atoms with Gasteiger partial charge in [0.2, 0.25) is 0 Å². The Bertz CT molecular complexity index is 679. The molecule has 23 heavy (non-hydrogen) atoms. The van der Waals surface area contributed by atoms with Crippen LogP contribution in [0.2, 0.25) is 0 Å². The second-order valence-corrected chi connectivity index (χ2v) is 5.21. The van der Waals surface area contributed by atoms with Crippen LogP contribution in [-0.4, -0.2) is 33.5 Å². The molecule has 124 valence electrons. The van der Waals surface area contributed by atoms with Crippen molar-refractivity contribution < 1.29 is 24.1 Å². The SMILES string of the molecule is COc1ccc(C(C)(O)c2ccc(OC)c(OC)c2)c(OC)c1. The van der Waals surface area contributed by atoms with Gasteiger partial charge in [0.15, 0.2) is 11.5 Å². The molecule has 1 N–H and O–H groups in total. The van der Waals surface area contributed by atoms with Crippen LogP contribution in [0.4, 0.5) is 0 Å². The lowest BCUT2D eigenvalue weighted by atomic mass is 9.87. The lowest BCUT2D eigenvalue weighted by molar-refractivity contribution is 0.0985. The second kappa shape index (κ2) is 6.79. The normalized spacial score (nSPS) is 13.1. The molecule has 2 aromatic rings. The first-order valence-corrected chi connectivity index (χ1v) is 7.15. The fraction of sp³-hybridized carbons (Fsp3) is 0.333. The molecule has 1 atom stereocenters. The lowest BCUT2D eigenvalue weighted by Crippen LogP contribution is -2.23. The van der Waals surface area contributed by atoms with Crippen LogP contribution < -0.4 is 18.9 Å². The van der Waals surface area contributed by atoms with E-state index in [-0.39, 0.29) is 0 Å². The number of aliphatic hydroxyl groups is 1. The number of methoxy groups -OCH3 is 4. The Morgan fingerprint density at radius 2 is 1.39 bits per heavy atom. The van der Waals surface area contributed by atoms with Crippen molar-refractivity contribution >= 4 is 0 Å². The minimum Gasteiger partial charge on any atom is -0.497 e. The summed E-state index contributed by atoms with van der Waals surface area (Å²) >= 11 is 0. The zero-order valence-electron chi connectivity index (χ0n) is 14.0. The summed E-state index contributed by atoms with van der Waals surface area (Å²) in [7, 11) is 6.27. The summed E-state index contributed by atoms with van der Waals surface area (Å²) in [5, 5.41) is 11.1. The van der Waals surface area contributed by atoms with Gasteiger partial charge in [-0.1, -0.05) is 6.07 Å². The van der Waals surface area contributed by atoms with Crippen molar-refractivity contribution in [1.82, 2.24) is 0 Å². The van der Waals surface area contributed by atoms with Gasteiger partial charge >= 0.3 is 0 Å². The molecule has 0 aliphatic carbocycles. The van der Waals surface area contributed by atoms with Gasteiger partial charge in [-0.05, 0) is 36.8 Å². The standard InChI is InChI=1S/C18H22O5/c1-18(19,12-6-9-15(21-3)17(10-12)23-5)14-8-7-13(20-2)11-16(14)22-4/h6-11,19H,1-5H3. The van der Waals surface area contributed by atoms with E-state index in [0.717, 1.165) is 0 Å². The van der Waals surface area contributed by atoms with Crippen molar-refractivity contribution in [2.24, 2.45) is 0 Å². The van der Waals surface area contributed by atoms with Crippen LogP contribution in [0, 0.1) is 0 Å². The Labute approximate surface area is 136 Å². The smallest absolute Gasteiger partial charge is 0.161 e. The van der Waals surface area contributed by atoms with E-state index in [2.05, 4.69) is 0 Å². The van der Waals surface area contributed by atoms with Gasteiger partial charge < -0.3 is 24.1 Å². The zero-order valence-corrected chi connectivity index (χ0v) is 14.0. The third-order valence-electron chi connectivity index (χ3n) is 3.88. The molecule has 0 heterocycles. The largest absolute Gasteiger partial charge is 0.497 e. The summed E-state index contributed by atoms with van der Waals surface area (Å²) in [6, 6.07) is 10.6. The maximum Gasteiger partial charge on any atom is 0.161 e. The molecule has 2 rings (SSSR count). The highest BCUT2D eigenvalue weighted by Crippen LogP contribution is 2.40. The molecule has 0 saturated heterocycles. The summed E-state index contributed by atoms with van der Waals surface area (Å²) in [5.41, 5.74) is 0.0311. The van der Waals surface area contributed by atoms with Crippen molar-refractivity contribution in [1.29, 1.82) is 0 Å². The lowest BCUT2D eigenvalue weighted by Gasteiger charge is -2.27. The molecule has 2 aromatic carbocycles. The molecule has 0 aliphatic rings. The van der Waals surface area contributed by atoms with E-state index in [1.807, 2.05) is 0 Å². The van der Waals surface area contributed by atoms with Gasteiger partial charge in [0.1, 0.15) is 17.1 Å². The van der Waals surface area contributed by atoms with Gasteiger partial charge in [-0.2, -0.15) is 0 Å². The van der Waals surface area contributed by atoms with E-state index >= 15 is 0 Å². The van der Waals surface area contributed by atoms with E-state index in [0.29, 0.717) is 34.1 Å². The molecule has 0 spiro atoms. The highest BCUT2D eigenvalue weighted by molar-refractivity contribution is 5.51. The van der Waals surface area contributed by atoms with Crippen LogP contribution >= 0.6 is 0 Å². The van der Waals surface area contributed by atoms with Crippen molar-refractivity contribution in [3.8, 4) is 23.0 Å². The topological polar surface area (TPSA) is 57.2 Å². The van der Waals surface area contributed by atoms with Gasteiger partial charge in [-0.25, -0.2) is 0 Å². The third-order valence-corrected chi connectivity index (χ3v) is 3.88. The molecular weight excluding hydrogens is 296 g/mol. The molecule has 0 amide bonds. The van der Waals surface area contributed by atoms with Crippen molar-refractivity contribution in [3.63, 3.8) is 0 Å². The van der Waals surface area contributed by atoms with Crippen molar-refractivity contribution in [2.75, 3.05) is 28.4 Å². The predicted molar refractivity (Wildman–Crippen MR) is 87.8 cm³/mol. The minimum absolute atomic E-state index is 0.545. The Morgan fingerprint density at radius 1 is 0.739 bits per heavy atom. The molecule has 5 nitrogen and oxygen atoms in total. The van der Waals surface area contributed by atoms with Crippen LogP contribution in [0.3, 0.4) is 0 Å². The van der Waals surface area contributed by atoms with Gasteiger partial charge in [-0.15, -0.1) is 0 Å². The molecule has 0 radical (unpaired) electrons. The minimum atomic E-state index is -1.27. The summed E-state index contributed by atoms with van der Waals surface area (Å²) in [5.74, 6) is 2.37. The van der Waals surface area contributed by atoms with Gasteiger partial charge in [-0.3, -0.25) is 0 Å². The molecule has 0 aromatic heterocycles. The van der Waals surface area contributed by atoms with E-state index in [1.54, 1.807) is 71.8 Å². The maximum atomic E-state index is 11.1. The first kappa shape index (κ1) is 17.0. The first-order chi connectivity index (χ1) is 11.0.